The Bertz CT molecular complexity index is 3530. The molecule has 3 heteroatoms. The molecule has 0 aliphatic heterocycles. The van der Waals surface area contributed by atoms with Crippen LogP contribution in [0.15, 0.2) is 205 Å². The first-order valence-corrected chi connectivity index (χ1v) is 20.2. The lowest BCUT2D eigenvalue weighted by Gasteiger charge is -2.11. The first-order chi connectivity index (χ1) is 28.2. The number of hydrogen-bond acceptors (Lipinski definition) is 2. The van der Waals surface area contributed by atoms with E-state index >= 15 is 0 Å². The zero-order valence-corrected chi connectivity index (χ0v) is 31.6. The third-order valence-electron chi connectivity index (χ3n) is 11.6. The molecule has 0 spiro atoms. The van der Waals surface area contributed by atoms with Crippen molar-refractivity contribution in [2.24, 2.45) is 0 Å². The van der Waals surface area contributed by atoms with Crippen molar-refractivity contribution in [1.82, 2.24) is 4.57 Å². The van der Waals surface area contributed by atoms with Crippen molar-refractivity contribution in [2.75, 3.05) is 0 Å². The molecule has 0 N–H and O–H groups in total. The van der Waals surface area contributed by atoms with Crippen LogP contribution in [0.3, 0.4) is 0 Å². The van der Waals surface area contributed by atoms with Crippen molar-refractivity contribution >= 4 is 75.3 Å². The molecule has 3 aromatic heterocycles. The normalized spacial score (nSPS) is 11.9. The number of thiophene rings is 1. The van der Waals surface area contributed by atoms with E-state index in [1.165, 1.54) is 86.7 Å². The Morgan fingerprint density at radius 2 is 0.930 bits per heavy atom. The van der Waals surface area contributed by atoms with E-state index in [4.69, 9.17) is 4.42 Å². The SMILES string of the molecule is c1ccc(-c2cccc(-c3cccc(-c4cccc(-c5cccc6c5sc5cccc(-n7c8ccccc8c8cc9c(cc87)oc7ccccc79)c56)c4)c3)c2)cc1. The van der Waals surface area contributed by atoms with Crippen molar-refractivity contribution in [3.8, 4) is 50.2 Å². The number of furan rings is 1. The third-order valence-corrected chi connectivity index (χ3v) is 12.8. The first kappa shape index (κ1) is 32.1. The van der Waals surface area contributed by atoms with Crippen molar-refractivity contribution in [3.63, 3.8) is 0 Å². The second-order valence-electron chi connectivity index (χ2n) is 14.9. The molecule has 0 aliphatic carbocycles. The highest BCUT2D eigenvalue weighted by molar-refractivity contribution is 7.26. The fourth-order valence-corrected chi connectivity index (χ4v) is 10.2. The van der Waals surface area contributed by atoms with E-state index in [2.05, 4.69) is 199 Å². The van der Waals surface area contributed by atoms with E-state index in [-0.39, 0.29) is 0 Å². The molecule has 3 heterocycles. The topological polar surface area (TPSA) is 18.1 Å². The molecule has 0 saturated carbocycles. The lowest BCUT2D eigenvalue weighted by Crippen LogP contribution is -1.94. The minimum atomic E-state index is 0.906. The molecule has 0 atom stereocenters. The first-order valence-electron chi connectivity index (χ1n) is 19.4. The fourth-order valence-electron chi connectivity index (χ4n) is 8.94. The number of para-hydroxylation sites is 2. The van der Waals surface area contributed by atoms with Crippen LogP contribution < -0.4 is 0 Å². The van der Waals surface area contributed by atoms with Gasteiger partial charge in [0.25, 0.3) is 0 Å². The van der Waals surface area contributed by atoms with Crippen LogP contribution in [0, 0.1) is 0 Å². The molecule has 0 amide bonds. The molecule has 12 aromatic rings. The van der Waals surface area contributed by atoms with E-state index in [0.717, 1.165) is 27.5 Å². The summed E-state index contributed by atoms with van der Waals surface area (Å²) < 4.78 is 11.4. The lowest BCUT2D eigenvalue weighted by atomic mass is 9.94. The van der Waals surface area contributed by atoms with Gasteiger partial charge in [0.05, 0.1) is 16.7 Å². The Labute approximate surface area is 333 Å². The summed E-state index contributed by atoms with van der Waals surface area (Å²) in [6, 6.07) is 72.6. The largest absolute Gasteiger partial charge is 0.456 e. The third kappa shape index (κ3) is 5.10. The maximum Gasteiger partial charge on any atom is 0.137 e. The molecule has 9 aromatic carbocycles. The van der Waals surface area contributed by atoms with Gasteiger partial charge in [-0.25, -0.2) is 0 Å². The van der Waals surface area contributed by atoms with Crippen molar-refractivity contribution < 1.29 is 4.42 Å². The van der Waals surface area contributed by atoms with Gasteiger partial charge in [-0.05, 0) is 93.0 Å². The maximum atomic E-state index is 6.44. The zero-order valence-electron chi connectivity index (χ0n) is 30.8. The van der Waals surface area contributed by atoms with Gasteiger partial charge < -0.3 is 8.98 Å². The maximum absolute atomic E-state index is 6.44. The number of nitrogens with zero attached hydrogens (tertiary/aromatic N) is 1. The minimum Gasteiger partial charge on any atom is -0.456 e. The predicted molar refractivity (Wildman–Crippen MR) is 243 cm³/mol. The summed E-state index contributed by atoms with van der Waals surface area (Å²) in [6.07, 6.45) is 0. The smallest absolute Gasteiger partial charge is 0.137 e. The van der Waals surface area contributed by atoms with Crippen molar-refractivity contribution in [3.05, 3.63) is 200 Å². The second-order valence-corrected chi connectivity index (χ2v) is 15.9. The Kier molecular flexibility index (Phi) is 7.13. The highest BCUT2D eigenvalue weighted by atomic mass is 32.1. The summed E-state index contributed by atoms with van der Waals surface area (Å²) in [6.45, 7) is 0. The predicted octanol–water partition coefficient (Wildman–Crippen LogP) is 15.7. The number of aromatic nitrogens is 1. The summed E-state index contributed by atoms with van der Waals surface area (Å²) in [5, 5.41) is 7.30. The van der Waals surface area contributed by atoms with Gasteiger partial charge in [0.1, 0.15) is 11.2 Å². The van der Waals surface area contributed by atoms with E-state index < -0.39 is 0 Å². The monoisotopic (exact) mass is 743 g/mol. The molecule has 0 fully saturated rings. The number of fused-ring (bicyclic) bond motifs is 9. The highest BCUT2D eigenvalue weighted by Gasteiger charge is 2.20. The summed E-state index contributed by atoms with van der Waals surface area (Å²) in [5.41, 5.74) is 15.1. The molecule has 0 unspecified atom stereocenters. The summed E-state index contributed by atoms with van der Waals surface area (Å²) in [7, 11) is 0. The van der Waals surface area contributed by atoms with E-state index in [0.29, 0.717) is 0 Å². The molecular weight excluding hydrogens is 711 g/mol. The van der Waals surface area contributed by atoms with Crippen LogP contribution in [0.2, 0.25) is 0 Å². The van der Waals surface area contributed by atoms with Gasteiger partial charge in [-0.3, -0.25) is 0 Å². The van der Waals surface area contributed by atoms with Crippen LogP contribution in [0.5, 0.6) is 0 Å². The van der Waals surface area contributed by atoms with Crippen LogP contribution >= 0.6 is 11.3 Å². The summed E-state index contributed by atoms with van der Waals surface area (Å²) in [5.74, 6) is 0. The highest BCUT2D eigenvalue weighted by Crippen LogP contribution is 2.45. The fraction of sp³-hybridized carbons (Fsp3) is 0. The van der Waals surface area contributed by atoms with Crippen LogP contribution in [0.25, 0.3) is 114 Å². The lowest BCUT2D eigenvalue weighted by molar-refractivity contribution is 0.669. The van der Waals surface area contributed by atoms with Crippen LogP contribution in [-0.4, -0.2) is 4.57 Å². The zero-order chi connectivity index (χ0) is 37.5. The molecule has 12 rings (SSSR count). The molecule has 0 bridgehead atoms. The van der Waals surface area contributed by atoms with Gasteiger partial charge in [0.15, 0.2) is 0 Å². The Morgan fingerprint density at radius 3 is 1.70 bits per heavy atom. The molecule has 266 valence electrons. The van der Waals surface area contributed by atoms with Gasteiger partial charge >= 0.3 is 0 Å². The molecular formula is C54H33NOS. The summed E-state index contributed by atoms with van der Waals surface area (Å²) >= 11 is 1.88. The Morgan fingerprint density at radius 1 is 0.351 bits per heavy atom. The van der Waals surface area contributed by atoms with E-state index in [1.807, 2.05) is 17.4 Å². The average Bonchev–Trinajstić information content (AvgIpc) is 3.95. The van der Waals surface area contributed by atoms with Crippen LogP contribution in [-0.2, 0) is 0 Å². The van der Waals surface area contributed by atoms with Crippen molar-refractivity contribution in [1.29, 1.82) is 0 Å². The Hall–Kier alpha value is -7.20. The van der Waals surface area contributed by atoms with Crippen LogP contribution in [0.4, 0.5) is 0 Å². The summed E-state index contributed by atoms with van der Waals surface area (Å²) in [4.78, 5) is 0. The standard InChI is InChI=1S/C54H33NOS/c1-2-13-34(14-3-1)35-15-8-16-36(29-35)37-17-9-18-38(30-37)39-19-10-20-40(31-39)41-23-11-24-44-53-48(26-12-28-52(53)57-54(41)44)55-47-25-6-4-21-42(47)45-32-46-43-22-5-7-27-50(43)56-51(46)33-49(45)55/h1-33H. The molecule has 0 aliphatic rings. The van der Waals surface area contributed by atoms with E-state index in [1.54, 1.807) is 0 Å². The van der Waals surface area contributed by atoms with Gasteiger partial charge in [-0.2, -0.15) is 0 Å². The second kappa shape index (κ2) is 12.7. The molecule has 0 saturated heterocycles. The number of rotatable bonds is 5. The van der Waals surface area contributed by atoms with Gasteiger partial charge in [-0.1, -0.05) is 146 Å². The average molecular weight is 744 g/mol. The Balaban J connectivity index is 0.993. The van der Waals surface area contributed by atoms with Gasteiger partial charge in [-0.15, -0.1) is 11.3 Å². The number of hydrogen-bond donors (Lipinski definition) is 0. The van der Waals surface area contributed by atoms with Gasteiger partial charge in [0.2, 0.25) is 0 Å². The van der Waals surface area contributed by atoms with Crippen molar-refractivity contribution in [2.45, 2.75) is 0 Å². The minimum absolute atomic E-state index is 0.906. The number of benzene rings is 9. The quantitative estimate of drug-likeness (QED) is 0.172. The van der Waals surface area contributed by atoms with Crippen LogP contribution in [0.1, 0.15) is 0 Å². The molecule has 0 radical (unpaired) electrons. The van der Waals surface area contributed by atoms with Gasteiger partial charge in [0, 0.05) is 47.8 Å². The van der Waals surface area contributed by atoms with E-state index in [9.17, 15) is 0 Å². The molecule has 57 heavy (non-hydrogen) atoms. The molecule has 2 nitrogen and oxygen atoms in total.